The Morgan fingerprint density at radius 3 is 2.38 bits per heavy atom. The summed E-state index contributed by atoms with van der Waals surface area (Å²) in [6, 6.07) is 14.4. The van der Waals surface area contributed by atoms with E-state index in [1.165, 1.54) is 0 Å². The molecule has 5 rings (SSSR count). The fraction of sp³-hybridized carbons (Fsp3) is 0.467. The topological polar surface area (TPSA) is 178 Å². The molecule has 2 aliphatic rings. The molecular weight excluding hydrogens is 544 g/mol. The molecule has 42 heavy (non-hydrogen) atoms. The number of carboxylic acids is 1. The van der Waals surface area contributed by atoms with E-state index in [0.29, 0.717) is 22.5 Å². The molecule has 3 heterocycles. The van der Waals surface area contributed by atoms with Crippen molar-refractivity contribution in [3.8, 4) is 22.5 Å². The number of aliphatic hydroxyl groups is 4. The Kier molecular flexibility index (Phi) is 7.71. The van der Waals surface area contributed by atoms with Crippen LogP contribution in [0.2, 0.25) is 0 Å². The lowest BCUT2D eigenvalue weighted by atomic mass is 9.83. The predicted octanol–water partition coefficient (Wildman–Crippen LogP) is 1.74. The number of aromatic nitrogens is 3. The highest BCUT2D eigenvalue weighted by Crippen LogP contribution is 2.46. The molecular formula is C30H36N4O8. The molecule has 2 aromatic carbocycles. The van der Waals surface area contributed by atoms with E-state index in [4.69, 9.17) is 4.74 Å². The third kappa shape index (κ3) is 4.78. The van der Waals surface area contributed by atoms with E-state index in [1.54, 1.807) is 36.1 Å². The van der Waals surface area contributed by atoms with Gasteiger partial charge in [-0.15, -0.1) is 5.10 Å². The number of carboxylic acid groups (broad SMARTS) is 1. The largest absolute Gasteiger partial charge is 0.478 e. The van der Waals surface area contributed by atoms with Crippen LogP contribution >= 0.6 is 0 Å². The summed E-state index contributed by atoms with van der Waals surface area (Å²) in [5.41, 5.74) is -0.140. The van der Waals surface area contributed by atoms with Gasteiger partial charge in [0.25, 0.3) is 5.72 Å². The summed E-state index contributed by atoms with van der Waals surface area (Å²) in [7, 11) is 0. The van der Waals surface area contributed by atoms with E-state index in [-0.39, 0.29) is 18.1 Å². The van der Waals surface area contributed by atoms with E-state index in [2.05, 4.69) is 10.3 Å². The number of amides is 1. The zero-order chi connectivity index (χ0) is 30.6. The highest BCUT2D eigenvalue weighted by molar-refractivity contribution is 6.02. The van der Waals surface area contributed by atoms with Crippen LogP contribution in [0.5, 0.6) is 0 Å². The molecule has 1 fully saturated rings. The third-order valence-electron chi connectivity index (χ3n) is 8.14. The lowest BCUT2D eigenvalue weighted by Crippen LogP contribution is -2.61. The van der Waals surface area contributed by atoms with Crippen molar-refractivity contribution in [3.63, 3.8) is 0 Å². The first-order valence-electron chi connectivity index (χ1n) is 13.8. The van der Waals surface area contributed by atoms with Crippen LogP contribution in [-0.4, -0.2) is 83.4 Å². The quantitative estimate of drug-likeness (QED) is 0.299. The van der Waals surface area contributed by atoms with E-state index in [9.17, 15) is 35.1 Å². The minimum absolute atomic E-state index is 0.153. The maximum atomic E-state index is 13.8. The summed E-state index contributed by atoms with van der Waals surface area (Å²) >= 11 is 0. The van der Waals surface area contributed by atoms with Gasteiger partial charge in [0.2, 0.25) is 5.91 Å². The summed E-state index contributed by atoms with van der Waals surface area (Å²) in [6.07, 6.45) is -6.49. The molecule has 5 N–H and O–H groups in total. The molecule has 12 heteroatoms. The van der Waals surface area contributed by atoms with Gasteiger partial charge in [0.1, 0.15) is 23.6 Å². The Morgan fingerprint density at radius 2 is 1.74 bits per heavy atom. The standard InChI is InChI=1S/C30H36N4O8/c1-16-21(36)13-30(28(40)41,42-26(16)25(38)22(37)15-35)34-24-19-11-7-8-12-20(19)33(27(39)29(2,3)4)14-17-9-5-6-10-18(17)23(24)31-32-34/h5-12,16,21-22,25-26,35-38H,13-15H2,1-4H3,(H,40,41)/t16-,21-,22-,25-,26?,30-/m1/s1. The monoisotopic (exact) mass is 580 g/mol. The van der Waals surface area contributed by atoms with Crippen molar-refractivity contribution in [1.82, 2.24) is 15.0 Å². The zero-order valence-electron chi connectivity index (χ0n) is 23.9. The first kappa shape index (κ1) is 29.8. The Bertz CT molecular complexity index is 1500. The van der Waals surface area contributed by atoms with Crippen molar-refractivity contribution in [2.24, 2.45) is 11.3 Å². The van der Waals surface area contributed by atoms with Crippen molar-refractivity contribution in [2.45, 2.75) is 70.8 Å². The number of aliphatic hydroxyl groups excluding tert-OH is 4. The third-order valence-corrected chi connectivity index (χ3v) is 8.14. The molecule has 2 aliphatic heterocycles. The highest BCUT2D eigenvalue weighted by atomic mass is 16.6. The first-order valence-corrected chi connectivity index (χ1v) is 13.8. The Labute approximate surface area is 242 Å². The van der Waals surface area contributed by atoms with Gasteiger partial charge in [-0.1, -0.05) is 75.4 Å². The second kappa shape index (κ2) is 10.9. The highest BCUT2D eigenvalue weighted by Gasteiger charge is 2.56. The number of hydrogen-bond donors (Lipinski definition) is 5. The molecule has 1 amide bonds. The van der Waals surface area contributed by atoms with Gasteiger partial charge in [-0.05, 0) is 11.6 Å². The van der Waals surface area contributed by atoms with Gasteiger partial charge in [-0.2, -0.15) is 0 Å². The van der Waals surface area contributed by atoms with Gasteiger partial charge in [0, 0.05) is 28.9 Å². The van der Waals surface area contributed by atoms with Crippen LogP contribution in [0.1, 0.15) is 39.7 Å². The number of carbonyl (C=O) groups excluding carboxylic acids is 1. The van der Waals surface area contributed by atoms with E-state index >= 15 is 0 Å². The SMILES string of the molecule is C[C@H]1C([C@H](O)[C@H](O)CO)O[C@](C(=O)O)(n2nnc3c2-c2ccccc2N(C(=O)C(C)(C)C)Cc2ccccc2-3)C[C@H]1O. The van der Waals surface area contributed by atoms with Crippen LogP contribution in [-0.2, 0) is 26.6 Å². The minimum atomic E-state index is -2.37. The summed E-state index contributed by atoms with van der Waals surface area (Å²) in [4.78, 5) is 28.6. The number of fused-ring (bicyclic) bond motifs is 5. The average molecular weight is 581 g/mol. The molecule has 1 aromatic heterocycles. The van der Waals surface area contributed by atoms with Gasteiger partial charge in [0.15, 0.2) is 0 Å². The van der Waals surface area contributed by atoms with Gasteiger partial charge in [-0.25, -0.2) is 9.48 Å². The number of benzene rings is 2. The number of rotatable bonds is 5. The van der Waals surface area contributed by atoms with E-state index < -0.39 is 60.5 Å². The molecule has 0 radical (unpaired) electrons. The second-order valence-electron chi connectivity index (χ2n) is 12.1. The van der Waals surface area contributed by atoms with Gasteiger partial charge in [0.05, 0.1) is 31.0 Å². The van der Waals surface area contributed by atoms with E-state index in [0.717, 1.165) is 10.2 Å². The van der Waals surface area contributed by atoms with Gasteiger partial charge < -0.3 is 35.2 Å². The summed E-state index contributed by atoms with van der Waals surface area (Å²) in [5, 5.41) is 60.9. The lowest BCUT2D eigenvalue weighted by Gasteiger charge is -2.46. The molecule has 6 atom stereocenters. The van der Waals surface area contributed by atoms with Crippen LogP contribution in [0.3, 0.4) is 0 Å². The second-order valence-corrected chi connectivity index (χ2v) is 12.1. The molecule has 1 unspecified atom stereocenters. The molecule has 12 nitrogen and oxygen atoms in total. The van der Waals surface area contributed by atoms with Crippen molar-refractivity contribution in [3.05, 3.63) is 54.1 Å². The Morgan fingerprint density at radius 1 is 1.10 bits per heavy atom. The van der Waals surface area contributed by atoms with Crippen LogP contribution in [0.25, 0.3) is 22.5 Å². The van der Waals surface area contributed by atoms with Crippen LogP contribution in [0.4, 0.5) is 5.69 Å². The normalized spacial score (nSPS) is 25.3. The maximum Gasteiger partial charge on any atom is 0.359 e. The van der Waals surface area contributed by atoms with Crippen LogP contribution in [0, 0.1) is 11.3 Å². The molecule has 224 valence electrons. The predicted molar refractivity (Wildman–Crippen MR) is 151 cm³/mol. The molecule has 1 saturated heterocycles. The molecule has 3 aromatic rings. The number of nitrogens with zero attached hydrogens (tertiary/aromatic N) is 4. The van der Waals surface area contributed by atoms with Crippen molar-refractivity contribution >= 4 is 17.6 Å². The number of hydrogen-bond acceptors (Lipinski definition) is 9. The Hall–Kier alpha value is -3.68. The summed E-state index contributed by atoms with van der Waals surface area (Å²) in [5.74, 6) is -2.46. The Balaban J connectivity index is 1.80. The van der Waals surface area contributed by atoms with Gasteiger partial charge in [-0.3, -0.25) is 4.79 Å². The lowest BCUT2D eigenvalue weighted by molar-refractivity contribution is -0.266. The number of para-hydroxylation sites is 1. The maximum absolute atomic E-state index is 13.8. The van der Waals surface area contributed by atoms with Gasteiger partial charge >= 0.3 is 5.97 Å². The summed E-state index contributed by atoms with van der Waals surface area (Å²) < 4.78 is 7.21. The molecule has 0 spiro atoms. The zero-order valence-corrected chi connectivity index (χ0v) is 23.9. The first-order chi connectivity index (χ1) is 19.8. The van der Waals surface area contributed by atoms with E-state index in [1.807, 2.05) is 45.0 Å². The van der Waals surface area contributed by atoms with Crippen LogP contribution in [0.15, 0.2) is 48.5 Å². The summed E-state index contributed by atoms with van der Waals surface area (Å²) in [6.45, 7) is 6.46. The van der Waals surface area contributed by atoms with Crippen LogP contribution < -0.4 is 4.90 Å². The number of carbonyl (C=O) groups is 2. The number of ether oxygens (including phenoxy) is 1. The molecule has 0 saturated carbocycles. The molecule has 0 bridgehead atoms. The smallest absolute Gasteiger partial charge is 0.359 e. The fourth-order valence-electron chi connectivity index (χ4n) is 5.74. The average Bonchev–Trinajstić information content (AvgIpc) is 3.39. The van der Waals surface area contributed by atoms with Crippen molar-refractivity contribution < 1.29 is 39.9 Å². The van der Waals surface area contributed by atoms with Crippen molar-refractivity contribution in [1.29, 1.82) is 0 Å². The number of aliphatic carboxylic acids is 1. The number of anilines is 1. The van der Waals surface area contributed by atoms with Crippen molar-refractivity contribution in [2.75, 3.05) is 11.5 Å². The minimum Gasteiger partial charge on any atom is -0.478 e. The molecule has 0 aliphatic carbocycles. The fourth-order valence-corrected chi connectivity index (χ4v) is 5.74.